The Bertz CT molecular complexity index is 295. The summed E-state index contributed by atoms with van der Waals surface area (Å²) in [4.78, 5) is 4.00. The predicted octanol–water partition coefficient (Wildman–Crippen LogP) is 2.26. The average molecular weight is 238 g/mol. The summed E-state index contributed by atoms with van der Waals surface area (Å²) >= 11 is 0. The van der Waals surface area contributed by atoms with E-state index >= 15 is 0 Å². The fourth-order valence-electron chi connectivity index (χ4n) is 3.48. The number of ether oxygens (including phenoxy) is 1. The van der Waals surface area contributed by atoms with Crippen molar-refractivity contribution in [2.75, 3.05) is 26.2 Å². The van der Waals surface area contributed by atoms with Gasteiger partial charge in [-0.2, -0.15) is 4.99 Å². The van der Waals surface area contributed by atoms with E-state index in [1.54, 1.807) is 0 Å². The van der Waals surface area contributed by atoms with Crippen LogP contribution in [0.4, 0.5) is 0 Å². The number of nitrogens with one attached hydrogen (secondary N) is 1. The van der Waals surface area contributed by atoms with Gasteiger partial charge in [0.2, 0.25) is 6.23 Å². The number of aliphatic imine (C=N–C) groups is 1. The van der Waals surface area contributed by atoms with Gasteiger partial charge in [-0.05, 0) is 32.6 Å². The molecule has 96 valence electrons. The first-order valence-electron chi connectivity index (χ1n) is 6.89. The van der Waals surface area contributed by atoms with Crippen molar-refractivity contribution in [2.45, 2.75) is 51.3 Å². The van der Waals surface area contributed by atoms with Crippen molar-refractivity contribution >= 4 is 6.01 Å². The van der Waals surface area contributed by atoms with Gasteiger partial charge in [-0.3, -0.25) is 0 Å². The molecule has 0 spiro atoms. The number of rotatable bonds is 3. The highest BCUT2D eigenvalue weighted by molar-refractivity contribution is 5.35. The SMILES string of the molecule is CC[N+]1(C2CCCCC2)CCOC(N=C=N)C1. The van der Waals surface area contributed by atoms with Crippen molar-refractivity contribution in [2.24, 2.45) is 4.99 Å². The Morgan fingerprint density at radius 2 is 2.12 bits per heavy atom. The molecule has 0 amide bonds. The van der Waals surface area contributed by atoms with Crippen LogP contribution in [0, 0.1) is 5.41 Å². The fraction of sp³-hybridized carbons (Fsp3) is 0.923. The van der Waals surface area contributed by atoms with Gasteiger partial charge in [0.15, 0.2) is 0 Å². The highest BCUT2D eigenvalue weighted by atomic mass is 16.5. The Morgan fingerprint density at radius 3 is 2.76 bits per heavy atom. The Labute approximate surface area is 104 Å². The van der Waals surface area contributed by atoms with Gasteiger partial charge >= 0.3 is 0 Å². The monoisotopic (exact) mass is 238 g/mol. The molecule has 1 N–H and O–H groups in total. The van der Waals surface area contributed by atoms with E-state index in [2.05, 4.69) is 17.9 Å². The lowest BCUT2D eigenvalue weighted by molar-refractivity contribution is -0.960. The van der Waals surface area contributed by atoms with Crippen LogP contribution in [0.1, 0.15) is 39.0 Å². The number of nitrogens with zero attached hydrogens (tertiary/aromatic N) is 2. The summed E-state index contributed by atoms with van der Waals surface area (Å²) in [6, 6.07) is 2.93. The molecule has 0 aromatic rings. The van der Waals surface area contributed by atoms with Crippen LogP contribution in [0.3, 0.4) is 0 Å². The minimum absolute atomic E-state index is 0.136. The second kappa shape index (κ2) is 5.76. The van der Waals surface area contributed by atoms with Gasteiger partial charge in [0, 0.05) is 0 Å². The van der Waals surface area contributed by atoms with E-state index in [9.17, 15) is 0 Å². The van der Waals surface area contributed by atoms with Gasteiger partial charge in [0.25, 0.3) is 0 Å². The lowest BCUT2D eigenvalue weighted by atomic mass is 9.91. The van der Waals surface area contributed by atoms with Crippen LogP contribution in [0.25, 0.3) is 0 Å². The van der Waals surface area contributed by atoms with Gasteiger partial charge in [-0.1, -0.05) is 6.42 Å². The predicted molar refractivity (Wildman–Crippen MR) is 67.3 cm³/mol. The van der Waals surface area contributed by atoms with Crippen LogP contribution in [-0.4, -0.2) is 49.0 Å². The number of hydrogen-bond donors (Lipinski definition) is 1. The first kappa shape index (κ1) is 12.7. The number of hydrogen-bond acceptors (Lipinski definition) is 3. The summed E-state index contributed by atoms with van der Waals surface area (Å²) in [6.45, 7) is 6.28. The minimum Gasteiger partial charge on any atom is -0.345 e. The van der Waals surface area contributed by atoms with E-state index in [0.29, 0.717) is 0 Å². The maximum atomic E-state index is 6.97. The zero-order valence-corrected chi connectivity index (χ0v) is 10.8. The highest BCUT2D eigenvalue weighted by Gasteiger charge is 2.41. The zero-order chi connectivity index (χ0) is 12.1. The van der Waals surface area contributed by atoms with E-state index in [1.807, 2.05) is 0 Å². The number of likely N-dealkylation sites (N-methyl/N-ethyl adjacent to an activating group) is 1. The first-order chi connectivity index (χ1) is 8.30. The fourth-order valence-corrected chi connectivity index (χ4v) is 3.48. The Hall–Kier alpha value is -0.700. The summed E-state index contributed by atoms with van der Waals surface area (Å²) in [5.74, 6) is 0. The molecule has 1 saturated carbocycles. The van der Waals surface area contributed by atoms with Crippen LogP contribution < -0.4 is 0 Å². The molecule has 2 rings (SSSR count). The first-order valence-corrected chi connectivity index (χ1v) is 6.89. The van der Waals surface area contributed by atoms with Crippen molar-refractivity contribution in [3.8, 4) is 0 Å². The molecule has 2 atom stereocenters. The molecule has 2 aliphatic rings. The van der Waals surface area contributed by atoms with Gasteiger partial charge in [0.1, 0.15) is 13.1 Å². The summed E-state index contributed by atoms with van der Waals surface area (Å²) in [5.41, 5.74) is 0. The second-order valence-corrected chi connectivity index (χ2v) is 5.30. The summed E-state index contributed by atoms with van der Waals surface area (Å²) in [7, 11) is 0. The molecule has 0 aromatic heterocycles. The molecule has 0 radical (unpaired) electrons. The Balaban J connectivity index is 2.08. The zero-order valence-electron chi connectivity index (χ0n) is 10.8. The molecular weight excluding hydrogens is 214 g/mol. The van der Waals surface area contributed by atoms with Crippen LogP contribution in [0.2, 0.25) is 0 Å². The standard InChI is InChI=1S/C13H24N3O/c1-2-16(12-6-4-3-5-7-12)8-9-17-13(10-16)15-11-14/h12-14H,2-10H2,1H3/q+1. The Morgan fingerprint density at radius 1 is 1.35 bits per heavy atom. The molecule has 1 heterocycles. The number of quaternary nitrogens is 1. The molecule has 1 aliphatic carbocycles. The van der Waals surface area contributed by atoms with Gasteiger partial charge in [-0.15, -0.1) is 0 Å². The molecule has 0 aromatic carbocycles. The topological polar surface area (TPSA) is 45.4 Å². The molecule has 4 heteroatoms. The average Bonchev–Trinajstić information content (AvgIpc) is 2.40. The molecular formula is C13H24N3O+. The normalized spacial score (nSPS) is 35.2. The lowest BCUT2D eigenvalue weighted by Gasteiger charge is -2.49. The number of morpholine rings is 1. The molecule has 2 unspecified atom stereocenters. The van der Waals surface area contributed by atoms with Crippen molar-refractivity contribution < 1.29 is 9.22 Å². The molecule has 17 heavy (non-hydrogen) atoms. The smallest absolute Gasteiger partial charge is 0.207 e. The largest absolute Gasteiger partial charge is 0.345 e. The molecule has 4 nitrogen and oxygen atoms in total. The van der Waals surface area contributed by atoms with Crippen molar-refractivity contribution in [3.63, 3.8) is 0 Å². The van der Waals surface area contributed by atoms with Crippen LogP contribution in [0.15, 0.2) is 4.99 Å². The summed E-state index contributed by atoms with van der Waals surface area (Å²) in [5, 5.41) is 6.97. The molecule has 1 saturated heterocycles. The van der Waals surface area contributed by atoms with Crippen LogP contribution in [-0.2, 0) is 4.74 Å². The molecule has 1 aliphatic heterocycles. The van der Waals surface area contributed by atoms with E-state index < -0.39 is 0 Å². The summed E-state index contributed by atoms with van der Waals surface area (Å²) < 4.78 is 6.75. The van der Waals surface area contributed by atoms with Gasteiger partial charge in [-0.25, -0.2) is 5.41 Å². The lowest BCUT2D eigenvalue weighted by Crippen LogP contribution is -2.63. The van der Waals surface area contributed by atoms with E-state index in [-0.39, 0.29) is 6.23 Å². The highest BCUT2D eigenvalue weighted by Crippen LogP contribution is 2.30. The maximum Gasteiger partial charge on any atom is 0.207 e. The van der Waals surface area contributed by atoms with Gasteiger partial charge in [0.05, 0.1) is 25.2 Å². The molecule has 0 bridgehead atoms. The van der Waals surface area contributed by atoms with E-state index in [1.165, 1.54) is 32.1 Å². The Kier molecular flexibility index (Phi) is 4.32. The minimum atomic E-state index is -0.136. The third-order valence-corrected chi connectivity index (χ3v) is 4.55. The third-order valence-electron chi connectivity index (χ3n) is 4.55. The third kappa shape index (κ3) is 2.76. The molecule has 2 fully saturated rings. The van der Waals surface area contributed by atoms with Crippen LogP contribution >= 0.6 is 0 Å². The van der Waals surface area contributed by atoms with Gasteiger partial charge < -0.3 is 9.22 Å². The summed E-state index contributed by atoms with van der Waals surface area (Å²) in [6.07, 6.45) is 6.74. The quantitative estimate of drug-likeness (QED) is 0.595. The maximum absolute atomic E-state index is 6.97. The van der Waals surface area contributed by atoms with Crippen molar-refractivity contribution in [3.05, 3.63) is 0 Å². The van der Waals surface area contributed by atoms with Crippen molar-refractivity contribution in [1.29, 1.82) is 5.41 Å². The van der Waals surface area contributed by atoms with E-state index in [4.69, 9.17) is 10.1 Å². The van der Waals surface area contributed by atoms with Crippen LogP contribution in [0.5, 0.6) is 0 Å². The van der Waals surface area contributed by atoms with Crippen molar-refractivity contribution in [1.82, 2.24) is 0 Å². The second-order valence-electron chi connectivity index (χ2n) is 5.30. The van der Waals surface area contributed by atoms with E-state index in [0.717, 1.165) is 36.8 Å².